The molecule has 0 fully saturated rings. The third-order valence-corrected chi connectivity index (χ3v) is 5.69. The molecule has 0 radical (unpaired) electrons. The highest BCUT2D eigenvalue weighted by Gasteiger charge is 2.36. The van der Waals surface area contributed by atoms with Gasteiger partial charge >= 0.3 is 5.97 Å². The van der Waals surface area contributed by atoms with Gasteiger partial charge in [-0.3, -0.25) is 0 Å². The van der Waals surface area contributed by atoms with E-state index >= 15 is 0 Å². The second-order valence-electron chi connectivity index (χ2n) is 8.57. The summed E-state index contributed by atoms with van der Waals surface area (Å²) in [7, 11) is 1.34. The van der Waals surface area contributed by atoms with Crippen molar-refractivity contribution < 1.29 is 14.3 Å². The molecule has 2 aromatic rings. The summed E-state index contributed by atoms with van der Waals surface area (Å²) in [5.74, 6) is -0.414. The molecule has 2 aromatic carbocycles. The van der Waals surface area contributed by atoms with Crippen molar-refractivity contribution in [3.8, 4) is 0 Å². The van der Waals surface area contributed by atoms with E-state index in [9.17, 15) is 10.0 Å². The van der Waals surface area contributed by atoms with Gasteiger partial charge in [-0.05, 0) is 59.1 Å². The number of carbonyl (C=O) groups is 1. The Bertz CT molecular complexity index is 892. The Hall–Kier alpha value is -2.62. The van der Waals surface area contributed by atoms with Gasteiger partial charge in [0.15, 0.2) is 6.21 Å². The van der Waals surface area contributed by atoms with Gasteiger partial charge in [0.25, 0.3) is 0 Å². The van der Waals surface area contributed by atoms with Crippen LogP contribution in [0.5, 0.6) is 0 Å². The lowest BCUT2D eigenvalue weighted by Crippen LogP contribution is -2.33. The first kappa shape index (κ1) is 19.2. The average Bonchev–Trinajstić information content (AvgIpc) is 2.65. The van der Waals surface area contributed by atoms with Gasteiger partial charge in [-0.25, -0.2) is 4.79 Å². The zero-order valence-electron chi connectivity index (χ0n) is 16.7. The fourth-order valence-electron chi connectivity index (χ4n) is 3.76. The Labute approximate surface area is 161 Å². The molecule has 4 heteroatoms. The van der Waals surface area contributed by atoms with Gasteiger partial charge in [0.05, 0.1) is 12.7 Å². The molecule has 1 aliphatic rings. The van der Waals surface area contributed by atoms with Gasteiger partial charge < -0.3 is 9.94 Å². The summed E-state index contributed by atoms with van der Waals surface area (Å²) >= 11 is 0. The summed E-state index contributed by atoms with van der Waals surface area (Å²) in [5, 5.41) is 12.6. The van der Waals surface area contributed by atoms with Crippen LogP contribution >= 0.6 is 0 Å². The van der Waals surface area contributed by atoms with Gasteiger partial charge in [0, 0.05) is 17.7 Å². The molecule has 0 bridgehead atoms. The molecular formula is C23H27NO3. The first-order valence-corrected chi connectivity index (χ1v) is 9.29. The quantitative estimate of drug-likeness (QED) is 0.250. The number of esters is 1. The molecule has 0 amide bonds. The molecule has 142 valence electrons. The third kappa shape index (κ3) is 3.75. The number of hydrogen-bond donors (Lipinski definition) is 0. The first-order chi connectivity index (χ1) is 12.6. The Balaban J connectivity index is 1.94. The predicted octanol–water partition coefficient (Wildman–Crippen LogP) is 5.08. The number of rotatable bonds is 3. The van der Waals surface area contributed by atoms with Crippen LogP contribution in [0.1, 0.15) is 67.6 Å². The normalized spacial score (nSPS) is 17.9. The SMILES string of the molecule is COC(=O)c1ccc(/[N+]([O-])=C/c2ccc3c(c2)C(C)(C)CCC3(C)C)cc1. The largest absolute Gasteiger partial charge is 0.618 e. The third-order valence-electron chi connectivity index (χ3n) is 5.69. The van der Waals surface area contributed by atoms with Crippen molar-refractivity contribution in [1.29, 1.82) is 0 Å². The van der Waals surface area contributed by atoms with Crippen molar-refractivity contribution in [3.63, 3.8) is 0 Å². The Morgan fingerprint density at radius 3 is 2.19 bits per heavy atom. The van der Waals surface area contributed by atoms with Crippen LogP contribution < -0.4 is 0 Å². The van der Waals surface area contributed by atoms with Crippen molar-refractivity contribution >= 4 is 17.9 Å². The molecule has 0 saturated heterocycles. The second-order valence-corrected chi connectivity index (χ2v) is 8.57. The molecule has 1 aliphatic carbocycles. The molecule has 0 atom stereocenters. The summed E-state index contributed by atoms with van der Waals surface area (Å²) in [6.45, 7) is 9.11. The molecule has 4 nitrogen and oxygen atoms in total. The number of carbonyl (C=O) groups excluding carboxylic acids is 1. The van der Waals surface area contributed by atoms with E-state index in [1.807, 2.05) is 6.07 Å². The molecule has 0 spiro atoms. The molecule has 27 heavy (non-hydrogen) atoms. The summed E-state index contributed by atoms with van der Waals surface area (Å²) in [4.78, 5) is 11.5. The number of ether oxygens (including phenoxy) is 1. The Morgan fingerprint density at radius 1 is 1.00 bits per heavy atom. The number of nitrogens with zero attached hydrogens (tertiary/aromatic N) is 1. The maximum absolute atomic E-state index is 12.6. The van der Waals surface area contributed by atoms with E-state index < -0.39 is 5.97 Å². The summed E-state index contributed by atoms with van der Waals surface area (Å²) in [6.07, 6.45) is 3.88. The van der Waals surface area contributed by atoms with Gasteiger partial charge in [0.1, 0.15) is 0 Å². The van der Waals surface area contributed by atoms with Crippen LogP contribution in [0.25, 0.3) is 0 Å². The standard InChI is InChI=1S/C23H27NO3/c1-22(2)12-13-23(3,4)20-14-16(6-11-19(20)22)15-24(26)18-9-7-17(8-10-18)21(25)27-5/h6-11,14-15H,12-13H2,1-5H3/b24-15-. The Kier molecular flexibility index (Phi) is 4.85. The number of fused-ring (bicyclic) bond motifs is 1. The van der Waals surface area contributed by atoms with Gasteiger partial charge in [0.2, 0.25) is 5.69 Å². The van der Waals surface area contributed by atoms with Crippen molar-refractivity contribution in [2.24, 2.45) is 0 Å². The van der Waals surface area contributed by atoms with Crippen LogP contribution in [0.15, 0.2) is 42.5 Å². The van der Waals surface area contributed by atoms with E-state index in [4.69, 9.17) is 0 Å². The molecule has 0 aliphatic heterocycles. The van der Waals surface area contributed by atoms with E-state index in [1.165, 1.54) is 18.2 Å². The van der Waals surface area contributed by atoms with Crippen molar-refractivity contribution in [2.75, 3.05) is 7.11 Å². The summed E-state index contributed by atoms with van der Waals surface area (Å²) < 4.78 is 5.52. The topological polar surface area (TPSA) is 52.4 Å². The minimum absolute atomic E-state index is 0.102. The zero-order valence-corrected chi connectivity index (χ0v) is 16.7. The molecule has 0 heterocycles. The van der Waals surface area contributed by atoms with E-state index in [2.05, 4.69) is 44.6 Å². The highest BCUT2D eigenvalue weighted by Crippen LogP contribution is 2.45. The number of hydrogen-bond acceptors (Lipinski definition) is 3. The van der Waals surface area contributed by atoms with Crippen LogP contribution in [0.3, 0.4) is 0 Å². The average molecular weight is 365 g/mol. The predicted molar refractivity (Wildman–Crippen MR) is 108 cm³/mol. The van der Waals surface area contributed by atoms with Crippen LogP contribution in [0, 0.1) is 5.21 Å². The maximum Gasteiger partial charge on any atom is 0.337 e. The lowest BCUT2D eigenvalue weighted by Gasteiger charge is -2.41. The smallest absolute Gasteiger partial charge is 0.337 e. The lowest BCUT2D eigenvalue weighted by molar-refractivity contribution is -0.354. The van der Waals surface area contributed by atoms with Crippen molar-refractivity contribution in [3.05, 3.63) is 69.9 Å². The number of methoxy groups -OCH3 is 1. The van der Waals surface area contributed by atoms with Crippen LogP contribution in [0.2, 0.25) is 0 Å². The van der Waals surface area contributed by atoms with Crippen molar-refractivity contribution in [1.82, 2.24) is 0 Å². The minimum atomic E-state index is -0.414. The zero-order chi connectivity index (χ0) is 19.8. The highest BCUT2D eigenvalue weighted by molar-refractivity contribution is 5.89. The van der Waals surface area contributed by atoms with Crippen molar-refractivity contribution in [2.45, 2.75) is 51.4 Å². The van der Waals surface area contributed by atoms with Gasteiger partial charge in [-0.2, -0.15) is 4.74 Å². The van der Waals surface area contributed by atoms with Crippen LogP contribution in [0.4, 0.5) is 5.69 Å². The van der Waals surface area contributed by atoms with E-state index in [0.717, 1.165) is 23.1 Å². The number of benzene rings is 2. The van der Waals surface area contributed by atoms with Crippen LogP contribution in [-0.4, -0.2) is 24.0 Å². The molecular weight excluding hydrogens is 338 g/mol. The van der Waals surface area contributed by atoms with E-state index in [0.29, 0.717) is 11.3 Å². The van der Waals surface area contributed by atoms with Gasteiger partial charge in [-0.1, -0.05) is 33.8 Å². The fourth-order valence-corrected chi connectivity index (χ4v) is 3.76. The first-order valence-electron chi connectivity index (χ1n) is 9.29. The Morgan fingerprint density at radius 2 is 1.59 bits per heavy atom. The molecule has 0 saturated carbocycles. The highest BCUT2D eigenvalue weighted by atomic mass is 16.5. The molecule has 0 aromatic heterocycles. The maximum atomic E-state index is 12.6. The molecule has 0 unspecified atom stereocenters. The monoisotopic (exact) mass is 365 g/mol. The van der Waals surface area contributed by atoms with Gasteiger partial charge in [-0.15, -0.1) is 0 Å². The van der Waals surface area contributed by atoms with Crippen LogP contribution in [-0.2, 0) is 15.6 Å². The fraction of sp³-hybridized carbons (Fsp3) is 0.391. The summed E-state index contributed by atoms with van der Waals surface area (Å²) in [6, 6.07) is 12.8. The minimum Gasteiger partial charge on any atom is -0.618 e. The summed E-state index contributed by atoms with van der Waals surface area (Å²) in [5.41, 5.74) is 4.73. The molecule has 0 N–H and O–H groups in total. The van der Waals surface area contributed by atoms with E-state index in [1.54, 1.807) is 30.5 Å². The lowest BCUT2D eigenvalue weighted by atomic mass is 9.63. The van der Waals surface area contributed by atoms with E-state index in [-0.39, 0.29) is 10.8 Å². The second kappa shape index (κ2) is 6.84. The molecule has 3 rings (SSSR count).